The summed E-state index contributed by atoms with van der Waals surface area (Å²) >= 11 is 0. The number of urea groups is 1. The largest absolute Gasteiger partial charge is 0.497 e. The highest BCUT2D eigenvalue weighted by molar-refractivity contribution is 5.99. The summed E-state index contributed by atoms with van der Waals surface area (Å²) < 4.78 is 10.9. The van der Waals surface area contributed by atoms with Crippen molar-refractivity contribution in [2.45, 2.75) is 13.8 Å². The lowest BCUT2D eigenvalue weighted by molar-refractivity contribution is 0.262. The fourth-order valence-corrected chi connectivity index (χ4v) is 3.32. The van der Waals surface area contributed by atoms with Crippen molar-refractivity contribution in [1.29, 1.82) is 0 Å². The molecule has 0 saturated carbocycles. The zero-order valence-electron chi connectivity index (χ0n) is 17.6. The number of aryl methyl sites for hydroxylation is 2. The normalized spacial score (nSPS) is 10.5. The number of hydrogen-bond donors (Lipinski definition) is 2. The summed E-state index contributed by atoms with van der Waals surface area (Å²) in [5.74, 6) is 1.20. The molecule has 6 nitrogen and oxygen atoms in total. The van der Waals surface area contributed by atoms with E-state index in [0.717, 1.165) is 22.4 Å². The molecule has 0 spiro atoms. The van der Waals surface area contributed by atoms with Gasteiger partial charge in [-0.1, -0.05) is 29.8 Å². The van der Waals surface area contributed by atoms with Crippen LogP contribution >= 0.6 is 0 Å². The number of methoxy groups -OCH3 is 1. The molecule has 4 aromatic rings. The number of amides is 2. The van der Waals surface area contributed by atoms with Crippen LogP contribution in [0.5, 0.6) is 5.75 Å². The molecule has 0 aliphatic rings. The maximum Gasteiger partial charge on any atom is 0.323 e. The molecule has 3 aromatic carbocycles. The molecule has 0 unspecified atom stereocenters. The zero-order valence-corrected chi connectivity index (χ0v) is 17.6. The minimum atomic E-state index is -0.339. The van der Waals surface area contributed by atoms with Crippen LogP contribution in [-0.2, 0) is 0 Å². The predicted molar refractivity (Wildman–Crippen MR) is 122 cm³/mol. The number of rotatable bonds is 5. The summed E-state index contributed by atoms with van der Waals surface area (Å²) in [7, 11) is 1.58. The van der Waals surface area contributed by atoms with E-state index >= 15 is 0 Å². The minimum absolute atomic E-state index is 0.339. The third kappa shape index (κ3) is 4.75. The highest BCUT2D eigenvalue weighted by atomic mass is 16.5. The molecule has 2 N–H and O–H groups in total. The van der Waals surface area contributed by atoms with Gasteiger partial charge in [-0.3, -0.25) is 0 Å². The first-order valence-corrected chi connectivity index (χ1v) is 9.87. The van der Waals surface area contributed by atoms with Crippen molar-refractivity contribution >= 4 is 17.4 Å². The van der Waals surface area contributed by atoms with Crippen LogP contribution in [0, 0.1) is 13.8 Å². The van der Waals surface area contributed by atoms with Crippen LogP contribution in [0.15, 0.2) is 77.4 Å². The number of carbonyl (C=O) groups is 1. The molecule has 4 rings (SSSR count). The van der Waals surface area contributed by atoms with Gasteiger partial charge in [-0.2, -0.15) is 0 Å². The number of nitrogens with one attached hydrogen (secondary N) is 2. The van der Waals surface area contributed by atoms with Crippen molar-refractivity contribution in [3.8, 4) is 28.5 Å². The molecule has 1 heterocycles. The molecule has 1 aromatic heterocycles. The lowest BCUT2D eigenvalue weighted by atomic mass is 10.0. The van der Waals surface area contributed by atoms with Crippen molar-refractivity contribution in [2.24, 2.45) is 0 Å². The Kier molecular flexibility index (Phi) is 5.71. The number of ether oxygens (including phenoxy) is 1. The van der Waals surface area contributed by atoms with Crippen LogP contribution in [-0.4, -0.2) is 18.1 Å². The first kappa shape index (κ1) is 20.2. The van der Waals surface area contributed by atoms with Gasteiger partial charge in [0.2, 0.25) is 5.89 Å². The number of aromatic nitrogens is 1. The van der Waals surface area contributed by atoms with Gasteiger partial charge in [-0.15, -0.1) is 0 Å². The summed E-state index contributed by atoms with van der Waals surface area (Å²) in [4.78, 5) is 16.9. The molecule has 0 aliphatic heterocycles. The van der Waals surface area contributed by atoms with Crippen LogP contribution in [0.25, 0.3) is 22.7 Å². The second kappa shape index (κ2) is 8.75. The molecule has 0 aliphatic carbocycles. The molecule has 0 atom stereocenters. The number of oxazole rings is 1. The molecule has 31 heavy (non-hydrogen) atoms. The highest BCUT2D eigenvalue weighted by Gasteiger charge is 2.11. The number of nitrogens with zero attached hydrogens (tertiary/aromatic N) is 1. The lowest BCUT2D eigenvalue weighted by Gasteiger charge is -2.09. The topological polar surface area (TPSA) is 76.4 Å². The molecular formula is C25H23N3O3. The van der Waals surface area contributed by atoms with Gasteiger partial charge in [-0.05, 0) is 55.8 Å². The second-order valence-corrected chi connectivity index (χ2v) is 7.24. The highest BCUT2D eigenvalue weighted by Crippen LogP contribution is 2.28. The Morgan fingerprint density at radius 2 is 1.71 bits per heavy atom. The van der Waals surface area contributed by atoms with Gasteiger partial charge < -0.3 is 19.8 Å². The fourth-order valence-electron chi connectivity index (χ4n) is 3.32. The van der Waals surface area contributed by atoms with Crippen LogP contribution < -0.4 is 15.4 Å². The van der Waals surface area contributed by atoms with Crippen molar-refractivity contribution in [2.75, 3.05) is 17.7 Å². The summed E-state index contributed by atoms with van der Waals surface area (Å²) in [6, 6.07) is 20.4. The van der Waals surface area contributed by atoms with Gasteiger partial charge in [0.1, 0.15) is 17.7 Å². The summed E-state index contributed by atoms with van der Waals surface area (Å²) in [5.41, 5.74) is 6.35. The smallest absolute Gasteiger partial charge is 0.323 e. The van der Waals surface area contributed by atoms with E-state index in [4.69, 9.17) is 9.15 Å². The van der Waals surface area contributed by atoms with Crippen molar-refractivity contribution in [3.05, 3.63) is 84.1 Å². The van der Waals surface area contributed by atoms with Gasteiger partial charge in [0.15, 0.2) is 0 Å². The Morgan fingerprint density at radius 3 is 2.45 bits per heavy atom. The van der Waals surface area contributed by atoms with E-state index in [2.05, 4.69) is 47.7 Å². The average Bonchev–Trinajstić information content (AvgIpc) is 3.24. The lowest BCUT2D eigenvalue weighted by Crippen LogP contribution is -2.19. The quantitative estimate of drug-likeness (QED) is 0.404. The summed E-state index contributed by atoms with van der Waals surface area (Å²) in [5, 5.41) is 5.59. The van der Waals surface area contributed by atoms with Gasteiger partial charge in [0.25, 0.3) is 0 Å². The maximum atomic E-state index is 12.3. The van der Waals surface area contributed by atoms with Gasteiger partial charge >= 0.3 is 6.03 Å². The Hall–Kier alpha value is -4.06. The first-order chi connectivity index (χ1) is 15.0. The molecule has 0 saturated heterocycles. The van der Waals surface area contributed by atoms with E-state index in [1.807, 2.05) is 36.4 Å². The molecule has 0 radical (unpaired) electrons. The SMILES string of the molecule is COc1cccc(NC(=O)Nc2ccc(-c3nc(-c4ccc(C)cc4C)co3)cc2)c1. The molecule has 0 fully saturated rings. The Labute approximate surface area is 180 Å². The van der Waals surface area contributed by atoms with E-state index in [9.17, 15) is 4.79 Å². The van der Waals surface area contributed by atoms with Gasteiger partial charge in [-0.25, -0.2) is 9.78 Å². The standard InChI is InChI=1S/C25H23N3O3/c1-16-7-12-22(17(2)13-16)23-15-31-24(28-23)18-8-10-19(11-9-18)26-25(29)27-20-5-4-6-21(14-20)30-3/h4-15H,1-3H3,(H2,26,27,29). The molecule has 6 heteroatoms. The average molecular weight is 413 g/mol. The van der Waals surface area contributed by atoms with Crippen molar-refractivity contribution < 1.29 is 13.9 Å². The van der Waals surface area contributed by atoms with Gasteiger partial charge in [0, 0.05) is 28.6 Å². The minimum Gasteiger partial charge on any atom is -0.497 e. The first-order valence-electron chi connectivity index (χ1n) is 9.87. The monoisotopic (exact) mass is 413 g/mol. The van der Waals surface area contributed by atoms with Gasteiger partial charge in [0.05, 0.1) is 7.11 Å². The van der Waals surface area contributed by atoms with E-state index in [1.165, 1.54) is 5.56 Å². The van der Waals surface area contributed by atoms with Crippen molar-refractivity contribution in [3.63, 3.8) is 0 Å². The fraction of sp³-hybridized carbons (Fsp3) is 0.120. The predicted octanol–water partition coefficient (Wildman–Crippen LogP) is 6.28. The Morgan fingerprint density at radius 1 is 0.935 bits per heavy atom. The number of benzene rings is 3. The number of hydrogen-bond acceptors (Lipinski definition) is 4. The van der Waals surface area contributed by atoms with Crippen LogP contribution in [0.1, 0.15) is 11.1 Å². The number of anilines is 2. The Bertz CT molecular complexity index is 1210. The van der Waals surface area contributed by atoms with Crippen LogP contribution in [0.3, 0.4) is 0 Å². The van der Waals surface area contributed by atoms with E-state index in [1.54, 1.807) is 25.5 Å². The third-order valence-electron chi connectivity index (χ3n) is 4.88. The number of carbonyl (C=O) groups excluding carboxylic acids is 1. The molecule has 2 amide bonds. The van der Waals surface area contributed by atoms with Crippen LogP contribution in [0.4, 0.5) is 16.2 Å². The second-order valence-electron chi connectivity index (χ2n) is 7.24. The molecular weight excluding hydrogens is 390 g/mol. The third-order valence-corrected chi connectivity index (χ3v) is 4.88. The molecule has 156 valence electrons. The van der Waals surface area contributed by atoms with E-state index in [-0.39, 0.29) is 6.03 Å². The maximum absolute atomic E-state index is 12.3. The van der Waals surface area contributed by atoms with Crippen molar-refractivity contribution in [1.82, 2.24) is 4.98 Å². The van der Waals surface area contributed by atoms with Crippen LogP contribution in [0.2, 0.25) is 0 Å². The zero-order chi connectivity index (χ0) is 21.8. The molecule has 0 bridgehead atoms. The summed E-state index contributed by atoms with van der Waals surface area (Å²) in [6.45, 7) is 4.13. The van der Waals surface area contributed by atoms with E-state index < -0.39 is 0 Å². The Balaban J connectivity index is 1.43. The van der Waals surface area contributed by atoms with E-state index in [0.29, 0.717) is 23.0 Å². The summed E-state index contributed by atoms with van der Waals surface area (Å²) in [6.07, 6.45) is 1.67.